The maximum Gasteiger partial charge on any atom is 0.0735 e. The summed E-state index contributed by atoms with van der Waals surface area (Å²) in [6, 6.07) is 6.48. The van der Waals surface area contributed by atoms with Crippen molar-refractivity contribution < 1.29 is 4.74 Å². The zero-order valence-corrected chi connectivity index (χ0v) is 12.2. The summed E-state index contributed by atoms with van der Waals surface area (Å²) in [7, 11) is 1.97. The number of hydrogen-bond acceptors (Lipinski definition) is 3. The molecule has 21 heavy (non-hydrogen) atoms. The summed E-state index contributed by atoms with van der Waals surface area (Å²) in [5.41, 5.74) is 6.13. The van der Waals surface area contributed by atoms with E-state index in [1.807, 2.05) is 30.3 Å². The van der Waals surface area contributed by atoms with E-state index in [4.69, 9.17) is 4.74 Å². The Morgan fingerprint density at radius 2 is 2.14 bits per heavy atom. The fourth-order valence-electron chi connectivity index (χ4n) is 3.18. The SMILES string of the molecule is CC1COCc2cncc(-c3ccc4cnn(C)c4c3)c21. The molecular formula is C17H17N3O. The van der Waals surface area contributed by atoms with Crippen LogP contribution in [0.3, 0.4) is 0 Å². The van der Waals surface area contributed by atoms with E-state index in [-0.39, 0.29) is 0 Å². The number of nitrogens with zero attached hydrogens (tertiary/aromatic N) is 3. The van der Waals surface area contributed by atoms with Gasteiger partial charge in [0.15, 0.2) is 0 Å². The summed E-state index contributed by atoms with van der Waals surface area (Å²) in [4.78, 5) is 4.40. The Labute approximate surface area is 123 Å². The summed E-state index contributed by atoms with van der Waals surface area (Å²) in [6.45, 7) is 3.65. The third-order valence-corrected chi connectivity index (χ3v) is 4.25. The number of aromatic nitrogens is 3. The highest BCUT2D eigenvalue weighted by Crippen LogP contribution is 2.35. The Kier molecular flexibility index (Phi) is 2.79. The van der Waals surface area contributed by atoms with E-state index < -0.39 is 0 Å². The van der Waals surface area contributed by atoms with Gasteiger partial charge in [0.05, 0.1) is 24.9 Å². The van der Waals surface area contributed by atoms with Gasteiger partial charge in [-0.1, -0.05) is 19.1 Å². The number of rotatable bonds is 1. The van der Waals surface area contributed by atoms with Gasteiger partial charge in [-0.05, 0) is 17.2 Å². The highest BCUT2D eigenvalue weighted by Gasteiger charge is 2.21. The van der Waals surface area contributed by atoms with Crippen molar-refractivity contribution in [3.63, 3.8) is 0 Å². The van der Waals surface area contributed by atoms with Crippen LogP contribution in [-0.4, -0.2) is 21.4 Å². The smallest absolute Gasteiger partial charge is 0.0735 e. The fourth-order valence-corrected chi connectivity index (χ4v) is 3.18. The van der Waals surface area contributed by atoms with Crippen LogP contribution in [-0.2, 0) is 18.4 Å². The average Bonchev–Trinajstić information content (AvgIpc) is 2.88. The third kappa shape index (κ3) is 1.94. The highest BCUT2D eigenvalue weighted by atomic mass is 16.5. The predicted octanol–water partition coefficient (Wildman–Crippen LogP) is 3.27. The Morgan fingerprint density at radius 1 is 1.24 bits per heavy atom. The second-order valence-electron chi connectivity index (χ2n) is 5.72. The van der Waals surface area contributed by atoms with Gasteiger partial charge in [-0.15, -0.1) is 0 Å². The first-order chi connectivity index (χ1) is 10.2. The van der Waals surface area contributed by atoms with Crippen molar-refractivity contribution in [3.8, 4) is 11.1 Å². The standard InChI is InChI=1S/C17H17N3O/c1-11-9-21-10-14-6-18-8-15(17(11)14)12-3-4-13-7-19-20(2)16(13)5-12/h3-8,11H,9-10H2,1-2H3. The first kappa shape index (κ1) is 12.5. The molecule has 0 fully saturated rings. The highest BCUT2D eigenvalue weighted by molar-refractivity contribution is 5.85. The van der Waals surface area contributed by atoms with Crippen LogP contribution in [0.4, 0.5) is 0 Å². The van der Waals surface area contributed by atoms with Crippen molar-refractivity contribution >= 4 is 10.9 Å². The quantitative estimate of drug-likeness (QED) is 0.686. The maximum atomic E-state index is 5.62. The minimum absolute atomic E-state index is 0.397. The van der Waals surface area contributed by atoms with Crippen LogP contribution < -0.4 is 0 Å². The summed E-state index contributed by atoms with van der Waals surface area (Å²) >= 11 is 0. The Balaban J connectivity index is 1.94. The molecule has 1 aliphatic heterocycles. The molecule has 0 N–H and O–H groups in total. The fraction of sp³-hybridized carbons (Fsp3) is 0.294. The lowest BCUT2D eigenvalue weighted by molar-refractivity contribution is 0.0950. The molecule has 4 rings (SSSR count). The van der Waals surface area contributed by atoms with Gasteiger partial charge in [-0.25, -0.2) is 0 Å². The second-order valence-corrected chi connectivity index (χ2v) is 5.72. The molecule has 0 bridgehead atoms. The molecule has 0 spiro atoms. The lowest BCUT2D eigenvalue weighted by atomic mass is 9.88. The van der Waals surface area contributed by atoms with Crippen LogP contribution >= 0.6 is 0 Å². The largest absolute Gasteiger partial charge is 0.376 e. The predicted molar refractivity (Wildman–Crippen MR) is 82.0 cm³/mol. The lowest BCUT2D eigenvalue weighted by Crippen LogP contribution is -2.15. The van der Waals surface area contributed by atoms with Gasteiger partial charge in [0.2, 0.25) is 0 Å². The molecule has 4 nitrogen and oxygen atoms in total. The molecule has 1 unspecified atom stereocenters. The van der Waals surface area contributed by atoms with Crippen molar-refractivity contribution in [3.05, 3.63) is 47.9 Å². The average molecular weight is 279 g/mol. The van der Waals surface area contributed by atoms with Crippen molar-refractivity contribution in [2.75, 3.05) is 6.61 Å². The van der Waals surface area contributed by atoms with Gasteiger partial charge < -0.3 is 4.74 Å². The van der Waals surface area contributed by atoms with Crippen LogP contribution in [0.2, 0.25) is 0 Å². The molecule has 106 valence electrons. The van der Waals surface area contributed by atoms with Crippen LogP contribution in [0.15, 0.2) is 36.8 Å². The van der Waals surface area contributed by atoms with E-state index in [1.54, 1.807) is 0 Å². The van der Waals surface area contributed by atoms with Crippen molar-refractivity contribution in [2.45, 2.75) is 19.4 Å². The Morgan fingerprint density at radius 3 is 3.05 bits per heavy atom. The Bertz CT molecular complexity index is 822. The normalized spacial score (nSPS) is 17.9. The zero-order valence-electron chi connectivity index (χ0n) is 12.2. The molecule has 3 aromatic rings. The van der Waals surface area contributed by atoms with Crippen molar-refractivity contribution in [1.29, 1.82) is 0 Å². The number of aryl methyl sites for hydroxylation is 1. The van der Waals surface area contributed by atoms with E-state index in [0.29, 0.717) is 12.5 Å². The zero-order chi connectivity index (χ0) is 14.4. The molecule has 2 aromatic heterocycles. The number of benzene rings is 1. The van der Waals surface area contributed by atoms with Gasteiger partial charge in [-0.3, -0.25) is 9.67 Å². The molecule has 3 heterocycles. The van der Waals surface area contributed by atoms with Gasteiger partial charge in [0.1, 0.15) is 0 Å². The summed E-state index contributed by atoms with van der Waals surface area (Å²) in [6.07, 6.45) is 5.80. The molecule has 0 amide bonds. The number of fused-ring (bicyclic) bond motifs is 2. The van der Waals surface area contributed by atoms with E-state index in [1.165, 1.54) is 22.3 Å². The third-order valence-electron chi connectivity index (χ3n) is 4.25. The molecule has 0 radical (unpaired) electrons. The van der Waals surface area contributed by atoms with Crippen LogP contribution in [0.1, 0.15) is 24.0 Å². The van der Waals surface area contributed by atoms with Crippen LogP contribution in [0, 0.1) is 0 Å². The molecule has 0 aliphatic carbocycles. The number of ether oxygens (including phenoxy) is 1. The van der Waals surface area contributed by atoms with Crippen molar-refractivity contribution in [2.24, 2.45) is 7.05 Å². The molecule has 0 saturated carbocycles. The van der Waals surface area contributed by atoms with Crippen LogP contribution in [0.5, 0.6) is 0 Å². The monoisotopic (exact) mass is 279 g/mol. The van der Waals surface area contributed by atoms with Crippen LogP contribution in [0.25, 0.3) is 22.0 Å². The molecular weight excluding hydrogens is 262 g/mol. The molecule has 4 heteroatoms. The lowest BCUT2D eigenvalue weighted by Gasteiger charge is -2.25. The first-order valence-electron chi connectivity index (χ1n) is 7.20. The molecule has 1 aromatic carbocycles. The maximum absolute atomic E-state index is 5.62. The summed E-state index contributed by atoms with van der Waals surface area (Å²) in [5, 5.41) is 5.48. The topological polar surface area (TPSA) is 39.9 Å². The van der Waals surface area contributed by atoms with Gasteiger partial charge in [-0.2, -0.15) is 5.10 Å². The second kappa shape index (κ2) is 4.67. The summed E-state index contributed by atoms with van der Waals surface area (Å²) in [5.74, 6) is 0.397. The van der Waals surface area contributed by atoms with E-state index in [2.05, 4.69) is 35.2 Å². The van der Waals surface area contributed by atoms with Gasteiger partial charge in [0.25, 0.3) is 0 Å². The van der Waals surface area contributed by atoms with E-state index in [9.17, 15) is 0 Å². The Hall–Kier alpha value is -2.20. The van der Waals surface area contributed by atoms with Gasteiger partial charge in [0, 0.05) is 41.9 Å². The van der Waals surface area contributed by atoms with Gasteiger partial charge >= 0.3 is 0 Å². The molecule has 1 atom stereocenters. The van der Waals surface area contributed by atoms with E-state index in [0.717, 1.165) is 17.5 Å². The summed E-state index contributed by atoms with van der Waals surface area (Å²) < 4.78 is 7.53. The number of hydrogen-bond donors (Lipinski definition) is 0. The molecule has 1 aliphatic rings. The van der Waals surface area contributed by atoms with E-state index >= 15 is 0 Å². The minimum Gasteiger partial charge on any atom is -0.376 e. The molecule has 0 saturated heterocycles. The van der Waals surface area contributed by atoms with Crippen molar-refractivity contribution in [1.82, 2.24) is 14.8 Å². The number of pyridine rings is 1. The minimum atomic E-state index is 0.397. The first-order valence-corrected chi connectivity index (χ1v) is 7.20.